The Labute approximate surface area is 345 Å². The highest BCUT2D eigenvalue weighted by Crippen LogP contribution is 2.29. The van der Waals surface area contributed by atoms with Gasteiger partial charge in [-0.3, -0.25) is 0 Å². The van der Waals surface area contributed by atoms with Gasteiger partial charge in [0.05, 0.1) is 83.4 Å². The number of fused-ring (bicyclic) bond motifs is 7. The molecule has 0 saturated heterocycles. The van der Waals surface area contributed by atoms with Gasteiger partial charge in [-0.25, -0.2) is 15.0 Å². The molecule has 0 amide bonds. The molecule has 10 bridgehead atoms. The number of anilines is 2. The minimum Gasteiger partial charge on any atom is -0.497 e. The van der Waals surface area contributed by atoms with Crippen LogP contribution in [0.15, 0.2) is 189 Å². The maximum absolute atomic E-state index is 6.83. The van der Waals surface area contributed by atoms with Crippen molar-refractivity contribution in [1.82, 2.24) is 4.98 Å². The van der Waals surface area contributed by atoms with E-state index in [1.54, 1.807) is 21.3 Å². The predicted octanol–water partition coefficient (Wildman–Crippen LogP) is 6.74. The summed E-state index contributed by atoms with van der Waals surface area (Å²) in [7, 11) is 4.98. The van der Waals surface area contributed by atoms with Crippen LogP contribution in [0.25, 0.3) is 22.4 Å². The molecule has 0 saturated carbocycles. The number of nitrogens with zero attached hydrogens (tertiary/aromatic N) is 3. The minimum atomic E-state index is 0.664. The summed E-state index contributed by atoms with van der Waals surface area (Å²) in [4.78, 5) is 19.2. The van der Waals surface area contributed by atoms with Gasteiger partial charge in [-0.15, -0.1) is 0 Å². The molecule has 0 spiro atoms. The Hall–Kier alpha value is -8.11. The Bertz CT molecular complexity index is 3160. The quantitative estimate of drug-likeness (QED) is 0.140. The van der Waals surface area contributed by atoms with Gasteiger partial charge in [0.2, 0.25) is 0 Å². The van der Waals surface area contributed by atoms with E-state index < -0.39 is 0 Å². The molecule has 0 radical (unpaired) electrons. The van der Waals surface area contributed by atoms with E-state index in [1.165, 1.54) is 0 Å². The number of nitrogens with one attached hydrogen (secondary N) is 3. The zero-order valence-electron chi connectivity index (χ0n) is 33.0. The van der Waals surface area contributed by atoms with Crippen LogP contribution in [0.3, 0.4) is 0 Å². The number of hydrogen-bond acceptors (Lipinski definition) is 9. The molecule has 4 aliphatic heterocycles. The van der Waals surface area contributed by atoms with Crippen molar-refractivity contribution in [3.63, 3.8) is 0 Å². The molecule has 2 aromatic heterocycles. The second-order valence-corrected chi connectivity index (χ2v) is 14.2. The standard InChI is InChI=1S/C50H38N6O4/c1-57-35-14-6-31(7-15-35)49-44-26-22-40(53-44)38-20-24-42(51-38)48(30-4-10-33(11-5-30)55-56-34-12-18-37(59-3)19-13-34)43-25-21-39(52-43)41-23-27-45(54-41)50(47-29-28-46(49)60-47)32-8-16-36(58-2)17-9-32/h4-29,51,55-56H,1-3H3. The van der Waals surface area contributed by atoms with E-state index in [4.69, 9.17) is 33.6 Å². The number of aliphatic imine (C=N–C) groups is 3. The smallest absolute Gasteiger partial charge is 0.137 e. The number of ether oxygens (including phenoxy) is 3. The lowest BCUT2D eigenvalue weighted by atomic mass is 10.0. The number of allylic oxidation sites excluding steroid dienone is 5. The van der Waals surface area contributed by atoms with E-state index in [0.717, 1.165) is 107 Å². The first-order chi connectivity index (χ1) is 29.5. The lowest BCUT2D eigenvalue weighted by Gasteiger charge is -2.12. The maximum atomic E-state index is 6.83. The molecule has 0 unspecified atom stereocenters. The van der Waals surface area contributed by atoms with Crippen LogP contribution in [0.5, 0.6) is 17.2 Å². The minimum absolute atomic E-state index is 0.664. The van der Waals surface area contributed by atoms with E-state index in [9.17, 15) is 0 Å². The van der Waals surface area contributed by atoms with Crippen LogP contribution in [0.4, 0.5) is 11.4 Å². The van der Waals surface area contributed by atoms with Gasteiger partial charge in [0.1, 0.15) is 28.1 Å². The van der Waals surface area contributed by atoms with E-state index in [-0.39, 0.29) is 0 Å². The van der Waals surface area contributed by atoms with Gasteiger partial charge >= 0.3 is 0 Å². The molecule has 10 heteroatoms. The van der Waals surface area contributed by atoms with Gasteiger partial charge in [0.15, 0.2) is 0 Å². The molecule has 4 aromatic carbocycles. The van der Waals surface area contributed by atoms with Crippen molar-refractivity contribution in [2.24, 2.45) is 15.0 Å². The van der Waals surface area contributed by atoms with Crippen molar-refractivity contribution < 1.29 is 18.6 Å². The van der Waals surface area contributed by atoms with Crippen molar-refractivity contribution >= 4 is 50.9 Å². The average Bonchev–Trinajstić information content (AvgIpc) is 4.16. The van der Waals surface area contributed by atoms with Crippen LogP contribution in [0.1, 0.15) is 16.7 Å². The van der Waals surface area contributed by atoms with Crippen molar-refractivity contribution in [3.05, 3.63) is 207 Å². The number of benzene rings is 4. The molecular weight excluding hydrogens is 749 g/mol. The van der Waals surface area contributed by atoms with Gasteiger partial charge < -0.3 is 34.5 Å². The number of rotatable bonds is 9. The van der Waals surface area contributed by atoms with Crippen molar-refractivity contribution in [2.75, 3.05) is 32.2 Å². The molecule has 10 nitrogen and oxygen atoms in total. The Kier molecular flexibility index (Phi) is 9.26. The molecule has 6 heterocycles. The monoisotopic (exact) mass is 786 g/mol. The Morgan fingerprint density at radius 2 is 0.783 bits per heavy atom. The first kappa shape index (κ1) is 36.2. The molecule has 4 aliphatic rings. The summed E-state index contributed by atoms with van der Waals surface area (Å²) >= 11 is 0. The fourth-order valence-electron chi connectivity index (χ4n) is 7.56. The predicted molar refractivity (Wildman–Crippen MR) is 238 cm³/mol. The second kappa shape index (κ2) is 15.3. The lowest BCUT2D eigenvalue weighted by Crippen LogP contribution is -2.18. The number of methoxy groups -OCH3 is 3. The number of furan rings is 1. The fraction of sp³-hybridized carbons (Fsp3) is 0.0600. The van der Waals surface area contributed by atoms with Crippen LogP contribution in [-0.4, -0.2) is 43.4 Å². The zero-order valence-corrected chi connectivity index (χ0v) is 33.0. The third-order valence-corrected chi connectivity index (χ3v) is 10.7. The Balaban J connectivity index is 1.15. The normalized spacial score (nSPS) is 15.2. The number of hydrazine groups is 1. The van der Waals surface area contributed by atoms with Crippen molar-refractivity contribution in [2.45, 2.75) is 0 Å². The second-order valence-electron chi connectivity index (χ2n) is 14.2. The summed E-state index contributed by atoms with van der Waals surface area (Å²) in [5.74, 6) is 2.32. The molecule has 292 valence electrons. The highest BCUT2D eigenvalue weighted by Gasteiger charge is 2.22. The zero-order chi connectivity index (χ0) is 40.6. The van der Waals surface area contributed by atoms with Crippen molar-refractivity contribution in [1.29, 1.82) is 0 Å². The summed E-state index contributed by atoms with van der Waals surface area (Å²) in [6.45, 7) is 0. The first-order valence-corrected chi connectivity index (χ1v) is 19.4. The summed E-state index contributed by atoms with van der Waals surface area (Å²) in [6.07, 6.45) is 12.2. The number of aromatic amines is 1. The fourth-order valence-corrected chi connectivity index (χ4v) is 7.56. The number of hydrogen-bond donors (Lipinski definition) is 3. The van der Waals surface area contributed by atoms with Crippen LogP contribution in [0.2, 0.25) is 0 Å². The van der Waals surface area contributed by atoms with Gasteiger partial charge in [-0.2, -0.15) is 0 Å². The molecule has 3 N–H and O–H groups in total. The van der Waals surface area contributed by atoms with Crippen LogP contribution in [0, 0.1) is 0 Å². The molecule has 0 atom stereocenters. The third-order valence-electron chi connectivity index (χ3n) is 10.7. The Morgan fingerprint density at radius 1 is 0.400 bits per heavy atom. The van der Waals surface area contributed by atoms with Gasteiger partial charge in [0.25, 0.3) is 0 Å². The summed E-state index contributed by atoms with van der Waals surface area (Å²) in [5.41, 5.74) is 19.8. The summed E-state index contributed by atoms with van der Waals surface area (Å²) in [5, 5.41) is 1.77. The largest absolute Gasteiger partial charge is 0.497 e. The summed E-state index contributed by atoms with van der Waals surface area (Å²) in [6, 6.07) is 40.0. The lowest BCUT2D eigenvalue weighted by molar-refractivity contribution is 0.414. The number of aromatic nitrogens is 1. The highest BCUT2D eigenvalue weighted by molar-refractivity contribution is 6.32. The topological polar surface area (TPSA) is 118 Å². The molecule has 6 aromatic rings. The van der Waals surface area contributed by atoms with E-state index in [0.29, 0.717) is 10.8 Å². The molecule has 0 fully saturated rings. The molecule has 60 heavy (non-hydrogen) atoms. The maximum Gasteiger partial charge on any atom is 0.137 e. The third kappa shape index (κ3) is 6.86. The average molecular weight is 787 g/mol. The highest BCUT2D eigenvalue weighted by atomic mass is 16.5. The SMILES string of the molecule is COc1ccc(NNc2ccc(C3=c4ccc([nH]4)=C4C=CC(=N4)C(c4ccc(OC)cc4)=c4ccc(o4)=C(c4ccc(OC)cc4)C4=NC(=C5C=CC3=N5)C=C4)cc2)cc1. The molecule has 0 aliphatic carbocycles. The van der Waals surface area contributed by atoms with Gasteiger partial charge in [-0.1, -0.05) is 36.4 Å². The Morgan fingerprint density at radius 3 is 1.28 bits per heavy atom. The molecular formula is C50H38N6O4. The number of H-pyrrole nitrogens is 1. The van der Waals surface area contributed by atoms with Crippen LogP contribution < -0.4 is 46.6 Å². The van der Waals surface area contributed by atoms with E-state index >= 15 is 0 Å². The van der Waals surface area contributed by atoms with Gasteiger partial charge in [0, 0.05) is 10.9 Å². The van der Waals surface area contributed by atoms with E-state index in [1.807, 2.05) is 134 Å². The van der Waals surface area contributed by atoms with E-state index in [2.05, 4.69) is 40.1 Å². The van der Waals surface area contributed by atoms with Crippen molar-refractivity contribution in [3.8, 4) is 17.2 Å². The first-order valence-electron chi connectivity index (χ1n) is 19.4. The van der Waals surface area contributed by atoms with Gasteiger partial charge in [-0.05, 0) is 138 Å². The van der Waals surface area contributed by atoms with Crippen LogP contribution >= 0.6 is 0 Å². The van der Waals surface area contributed by atoms with Crippen LogP contribution in [-0.2, 0) is 0 Å². The molecule has 10 rings (SSSR count). The summed E-state index contributed by atoms with van der Waals surface area (Å²) < 4.78 is 23.1.